The Labute approximate surface area is 116 Å². The predicted molar refractivity (Wildman–Crippen MR) is 75.4 cm³/mol. The van der Waals surface area contributed by atoms with Gasteiger partial charge in [-0.05, 0) is 42.9 Å². The van der Waals surface area contributed by atoms with Gasteiger partial charge in [0.2, 0.25) is 0 Å². The molecule has 19 heavy (non-hydrogen) atoms. The molecule has 0 spiro atoms. The van der Waals surface area contributed by atoms with E-state index in [1.165, 1.54) is 16.9 Å². The SMILES string of the molecule is C[C@@H]1CCc2c(C(=O)NCc3ccco3)csc2C1. The number of rotatable bonds is 3. The van der Waals surface area contributed by atoms with Crippen LogP contribution in [0, 0.1) is 5.92 Å². The van der Waals surface area contributed by atoms with Gasteiger partial charge in [0.25, 0.3) is 5.91 Å². The van der Waals surface area contributed by atoms with Crippen LogP contribution in [0.1, 0.15) is 39.9 Å². The fourth-order valence-corrected chi connectivity index (χ4v) is 3.79. The molecule has 3 nitrogen and oxygen atoms in total. The van der Waals surface area contributed by atoms with Crippen molar-refractivity contribution >= 4 is 17.2 Å². The van der Waals surface area contributed by atoms with E-state index in [9.17, 15) is 4.79 Å². The molecule has 0 saturated carbocycles. The molecule has 0 unspecified atom stereocenters. The van der Waals surface area contributed by atoms with Crippen molar-refractivity contribution in [2.75, 3.05) is 0 Å². The second-order valence-electron chi connectivity index (χ2n) is 5.16. The fourth-order valence-electron chi connectivity index (χ4n) is 2.54. The van der Waals surface area contributed by atoms with Gasteiger partial charge in [-0.2, -0.15) is 0 Å². The van der Waals surface area contributed by atoms with Gasteiger partial charge in [-0.3, -0.25) is 4.79 Å². The summed E-state index contributed by atoms with van der Waals surface area (Å²) in [6, 6.07) is 3.69. The molecule has 1 atom stereocenters. The maximum atomic E-state index is 12.2. The lowest BCUT2D eigenvalue weighted by Crippen LogP contribution is -2.24. The summed E-state index contributed by atoms with van der Waals surface area (Å²) in [4.78, 5) is 13.6. The van der Waals surface area contributed by atoms with E-state index in [0.717, 1.165) is 30.1 Å². The molecule has 1 N–H and O–H groups in total. The van der Waals surface area contributed by atoms with Crippen molar-refractivity contribution in [2.45, 2.75) is 32.7 Å². The van der Waals surface area contributed by atoms with E-state index in [0.29, 0.717) is 6.54 Å². The molecular formula is C15H17NO2S. The Kier molecular flexibility index (Phi) is 3.42. The molecule has 3 rings (SSSR count). The van der Waals surface area contributed by atoms with E-state index in [1.54, 1.807) is 17.6 Å². The molecule has 1 aliphatic carbocycles. The van der Waals surface area contributed by atoms with Gasteiger partial charge in [-0.1, -0.05) is 6.92 Å². The van der Waals surface area contributed by atoms with E-state index in [2.05, 4.69) is 12.2 Å². The monoisotopic (exact) mass is 275 g/mol. The van der Waals surface area contributed by atoms with Crippen LogP contribution in [0.15, 0.2) is 28.2 Å². The molecule has 1 aliphatic rings. The molecule has 0 bridgehead atoms. The Balaban J connectivity index is 1.70. The Morgan fingerprint density at radius 1 is 1.58 bits per heavy atom. The van der Waals surface area contributed by atoms with E-state index < -0.39 is 0 Å². The lowest BCUT2D eigenvalue weighted by molar-refractivity contribution is 0.0947. The minimum atomic E-state index is 0.0171. The highest BCUT2D eigenvalue weighted by molar-refractivity contribution is 7.10. The molecule has 1 amide bonds. The highest BCUT2D eigenvalue weighted by Crippen LogP contribution is 2.32. The zero-order chi connectivity index (χ0) is 13.2. The van der Waals surface area contributed by atoms with Crippen LogP contribution in [-0.4, -0.2) is 5.91 Å². The smallest absolute Gasteiger partial charge is 0.252 e. The molecular weight excluding hydrogens is 258 g/mol. The number of thiophene rings is 1. The number of amides is 1. The Hall–Kier alpha value is -1.55. The number of carbonyl (C=O) groups is 1. The van der Waals surface area contributed by atoms with Gasteiger partial charge in [-0.25, -0.2) is 0 Å². The standard InChI is InChI=1S/C15H17NO2S/c1-10-4-5-12-13(9-19-14(12)7-10)15(17)16-8-11-3-2-6-18-11/h2-3,6,9-10H,4-5,7-8H2,1H3,(H,16,17)/t10-/m1/s1. The van der Waals surface area contributed by atoms with Crippen molar-refractivity contribution in [1.29, 1.82) is 0 Å². The van der Waals surface area contributed by atoms with E-state index in [1.807, 2.05) is 17.5 Å². The molecule has 0 saturated heterocycles. The third-order valence-corrected chi connectivity index (χ3v) is 4.70. The average molecular weight is 275 g/mol. The van der Waals surface area contributed by atoms with Crippen molar-refractivity contribution in [1.82, 2.24) is 5.32 Å². The van der Waals surface area contributed by atoms with Crippen LogP contribution in [-0.2, 0) is 19.4 Å². The van der Waals surface area contributed by atoms with Crippen molar-refractivity contribution in [3.05, 3.63) is 45.5 Å². The summed E-state index contributed by atoms with van der Waals surface area (Å²) in [5.41, 5.74) is 2.12. The third-order valence-electron chi connectivity index (χ3n) is 3.65. The second kappa shape index (κ2) is 5.21. The first kappa shape index (κ1) is 12.5. The quantitative estimate of drug-likeness (QED) is 0.933. The summed E-state index contributed by atoms with van der Waals surface area (Å²) >= 11 is 1.72. The number of fused-ring (bicyclic) bond motifs is 1. The number of nitrogens with one attached hydrogen (secondary N) is 1. The first-order chi connectivity index (χ1) is 9.24. The van der Waals surface area contributed by atoms with Crippen LogP contribution in [0.3, 0.4) is 0 Å². The van der Waals surface area contributed by atoms with Crippen LogP contribution in [0.4, 0.5) is 0 Å². The van der Waals surface area contributed by atoms with E-state index in [-0.39, 0.29) is 5.91 Å². The Morgan fingerprint density at radius 3 is 3.26 bits per heavy atom. The Morgan fingerprint density at radius 2 is 2.47 bits per heavy atom. The predicted octanol–water partition coefficient (Wildman–Crippen LogP) is 3.40. The minimum Gasteiger partial charge on any atom is -0.467 e. The molecule has 2 aromatic rings. The molecule has 0 aromatic carbocycles. The van der Waals surface area contributed by atoms with Crippen LogP contribution in [0.25, 0.3) is 0 Å². The van der Waals surface area contributed by atoms with Crippen molar-refractivity contribution in [2.24, 2.45) is 5.92 Å². The van der Waals surface area contributed by atoms with Gasteiger partial charge < -0.3 is 9.73 Å². The second-order valence-corrected chi connectivity index (χ2v) is 6.13. The zero-order valence-electron chi connectivity index (χ0n) is 10.9. The number of furan rings is 1. The van der Waals surface area contributed by atoms with Crippen molar-refractivity contribution in [3.63, 3.8) is 0 Å². The van der Waals surface area contributed by atoms with Crippen LogP contribution in [0.5, 0.6) is 0 Å². The number of hydrogen-bond acceptors (Lipinski definition) is 3. The normalized spacial score (nSPS) is 18.1. The minimum absolute atomic E-state index is 0.0171. The molecule has 0 radical (unpaired) electrons. The molecule has 0 fully saturated rings. The third kappa shape index (κ3) is 2.59. The van der Waals surface area contributed by atoms with Gasteiger partial charge in [-0.15, -0.1) is 11.3 Å². The molecule has 2 heterocycles. The topological polar surface area (TPSA) is 42.2 Å². The molecule has 4 heteroatoms. The van der Waals surface area contributed by atoms with Gasteiger partial charge >= 0.3 is 0 Å². The molecule has 0 aliphatic heterocycles. The maximum Gasteiger partial charge on any atom is 0.252 e. The highest BCUT2D eigenvalue weighted by atomic mass is 32.1. The van der Waals surface area contributed by atoms with E-state index in [4.69, 9.17) is 4.42 Å². The summed E-state index contributed by atoms with van der Waals surface area (Å²) in [5.74, 6) is 1.54. The molecule has 100 valence electrons. The lowest BCUT2D eigenvalue weighted by Gasteiger charge is -2.18. The van der Waals surface area contributed by atoms with Crippen LogP contribution < -0.4 is 5.32 Å². The van der Waals surface area contributed by atoms with Crippen LogP contribution in [0.2, 0.25) is 0 Å². The zero-order valence-corrected chi connectivity index (χ0v) is 11.8. The van der Waals surface area contributed by atoms with Gasteiger partial charge in [0, 0.05) is 10.3 Å². The molecule has 2 aromatic heterocycles. The van der Waals surface area contributed by atoms with E-state index >= 15 is 0 Å². The van der Waals surface area contributed by atoms with Gasteiger partial charge in [0.05, 0.1) is 18.4 Å². The number of carbonyl (C=O) groups excluding carboxylic acids is 1. The fraction of sp³-hybridized carbons (Fsp3) is 0.400. The summed E-state index contributed by atoms with van der Waals surface area (Å²) in [7, 11) is 0. The van der Waals surface area contributed by atoms with Gasteiger partial charge in [0.15, 0.2) is 0 Å². The van der Waals surface area contributed by atoms with Gasteiger partial charge in [0.1, 0.15) is 5.76 Å². The summed E-state index contributed by atoms with van der Waals surface area (Å²) in [5, 5.41) is 4.92. The summed E-state index contributed by atoms with van der Waals surface area (Å²) in [6.45, 7) is 2.73. The maximum absolute atomic E-state index is 12.2. The lowest BCUT2D eigenvalue weighted by atomic mass is 9.88. The highest BCUT2D eigenvalue weighted by Gasteiger charge is 2.23. The van der Waals surface area contributed by atoms with Crippen molar-refractivity contribution in [3.8, 4) is 0 Å². The van der Waals surface area contributed by atoms with Crippen LogP contribution >= 0.6 is 11.3 Å². The largest absolute Gasteiger partial charge is 0.467 e. The number of hydrogen-bond donors (Lipinski definition) is 1. The van der Waals surface area contributed by atoms with Crippen molar-refractivity contribution < 1.29 is 9.21 Å². The Bertz CT molecular complexity index is 571. The first-order valence-corrected chi connectivity index (χ1v) is 7.52. The summed E-state index contributed by atoms with van der Waals surface area (Å²) < 4.78 is 5.22. The average Bonchev–Trinajstić information content (AvgIpc) is 3.04. The summed E-state index contributed by atoms with van der Waals surface area (Å²) in [6.07, 6.45) is 4.95. The first-order valence-electron chi connectivity index (χ1n) is 6.64.